The molecular weight excluding hydrogens is 292 g/mol. The molecule has 0 atom stereocenters. The number of hydrogen-bond donors (Lipinski definition) is 0. The molecule has 0 radical (unpaired) electrons. The number of benzene rings is 1. The van der Waals surface area contributed by atoms with Gasteiger partial charge in [0.2, 0.25) is 0 Å². The van der Waals surface area contributed by atoms with Crippen LogP contribution in [0.1, 0.15) is 11.1 Å². The molecule has 0 bridgehead atoms. The molecular formula is C14H18N2O4S. The van der Waals surface area contributed by atoms with Gasteiger partial charge >= 0.3 is 0 Å². The third-order valence-electron chi connectivity index (χ3n) is 3.45. The largest absolute Gasteiger partial charge is 0.493 e. The van der Waals surface area contributed by atoms with E-state index in [1.165, 1.54) is 17.3 Å². The second-order valence-electron chi connectivity index (χ2n) is 4.60. The highest BCUT2D eigenvalue weighted by molar-refractivity contribution is 8.02. The van der Waals surface area contributed by atoms with Crippen LogP contribution in [0.15, 0.2) is 23.4 Å². The van der Waals surface area contributed by atoms with Crippen LogP contribution in [0, 0.1) is 10.1 Å². The lowest BCUT2D eigenvalue weighted by molar-refractivity contribution is -0.403. The van der Waals surface area contributed by atoms with Gasteiger partial charge in [0.05, 0.1) is 19.1 Å². The van der Waals surface area contributed by atoms with Gasteiger partial charge in [-0.15, -0.1) is 11.8 Å². The maximum atomic E-state index is 10.7. The summed E-state index contributed by atoms with van der Waals surface area (Å²) in [6.45, 7) is 1.39. The molecule has 2 rings (SSSR count). The van der Waals surface area contributed by atoms with Crippen LogP contribution < -0.4 is 9.47 Å². The van der Waals surface area contributed by atoms with E-state index in [1.807, 2.05) is 23.3 Å². The minimum atomic E-state index is -0.407. The number of methoxy groups -OCH3 is 2. The van der Waals surface area contributed by atoms with Gasteiger partial charge in [-0.2, -0.15) is 0 Å². The standard InChI is InChI=1S/C14H18N2O4S/c1-19-12-6-10-4-5-15(14(21-3)9-16(17)18)8-11(10)7-13(12)20-2/h6-7,9H,4-5,8H2,1-3H3/b14-9-. The van der Waals surface area contributed by atoms with E-state index in [4.69, 9.17) is 9.47 Å². The first kappa shape index (κ1) is 15.5. The van der Waals surface area contributed by atoms with Crippen LogP contribution in [-0.2, 0) is 13.0 Å². The average molecular weight is 310 g/mol. The summed E-state index contributed by atoms with van der Waals surface area (Å²) in [6, 6.07) is 3.94. The molecule has 7 heteroatoms. The molecule has 1 aromatic carbocycles. The zero-order valence-electron chi connectivity index (χ0n) is 12.3. The molecule has 1 aliphatic heterocycles. The number of ether oxygens (including phenoxy) is 2. The molecule has 0 saturated carbocycles. The first-order valence-electron chi connectivity index (χ1n) is 6.47. The Balaban J connectivity index is 2.29. The molecule has 1 aliphatic rings. The van der Waals surface area contributed by atoms with Crippen molar-refractivity contribution in [2.75, 3.05) is 27.0 Å². The molecule has 0 aromatic heterocycles. The summed E-state index contributed by atoms with van der Waals surface area (Å²) >= 11 is 1.39. The molecule has 0 saturated heterocycles. The summed E-state index contributed by atoms with van der Waals surface area (Å²) < 4.78 is 10.6. The molecule has 0 amide bonds. The lowest BCUT2D eigenvalue weighted by Crippen LogP contribution is -2.29. The lowest BCUT2D eigenvalue weighted by Gasteiger charge is -2.31. The molecule has 0 N–H and O–H groups in total. The van der Waals surface area contributed by atoms with Gasteiger partial charge in [0.15, 0.2) is 11.5 Å². The van der Waals surface area contributed by atoms with Gasteiger partial charge in [0.1, 0.15) is 5.03 Å². The van der Waals surface area contributed by atoms with Crippen LogP contribution >= 0.6 is 11.8 Å². The maximum Gasteiger partial charge on any atom is 0.264 e. The van der Waals surface area contributed by atoms with Gasteiger partial charge in [0.25, 0.3) is 6.20 Å². The highest BCUT2D eigenvalue weighted by Crippen LogP contribution is 2.34. The molecule has 1 heterocycles. The lowest BCUT2D eigenvalue weighted by atomic mass is 9.99. The molecule has 0 fully saturated rings. The van der Waals surface area contributed by atoms with Gasteiger partial charge in [-0.3, -0.25) is 10.1 Å². The fourth-order valence-corrected chi connectivity index (χ4v) is 3.03. The van der Waals surface area contributed by atoms with Crippen molar-refractivity contribution in [2.24, 2.45) is 0 Å². The zero-order valence-corrected chi connectivity index (χ0v) is 13.1. The number of nitrogens with zero attached hydrogens (tertiary/aromatic N) is 2. The summed E-state index contributed by atoms with van der Waals surface area (Å²) in [5.41, 5.74) is 2.31. The van der Waals surface area contributed by atoms with E-state index < -0.39 is 4.92 Å². The van der Waals surface area contributed by atoms with E-state index in [0.29, 0.717) is 17.3 Å². The van der Waals surface area contributed by atoms with Gasteiger partial charge in [-0.1, -0.05) is 0 Å². The van der Waals surface area contributed by atoms with E-state index in [2.05, 4.69) is 0 Å². The molecule has 1 aromatic rings. The molecule has 0 unspecified atom stereocenters. The van der Waals surface area contributed by atoms with Crippen molar-refractivity contribution in [2.45, 2.75) is 13.0 Å². The van der Waals surface area contributed by atoms with E-state index >= 15 is 0 Å². The zero-order chi connectivity index (χ0) is 15.4. The Hall–Kier alpha value is -1.89. The van der Waals surface area contributed by atoms with Crippen LogP contribution in [-0.4, -0.2) is 36.8 Å². The van der Waals surface area contributed by atoms with Gasteiger partial charge in [-0.25, -0.2) is 0 Å². The Morgan fingerprint density at radius 3 is 2.48 bits per heavy atom. The fraction of sp³-hybridized carbons (Fsp3) is 0.429. The van der Waals surface area contributed by atoms with Crippen molar-refractivity contribution < 1.29 is 14.4 Å². The second kappa shape index (κ2) is 6.71. The van der Waals surface area contributed by atoms with E-state index in [1.54, 1.807) is 14.2 Å². The predicted molar refractivity (Wildman–Crippen MR) is 82.3 cm³/mol. The van der Waals surface area contributed by atoms with Gasteiger partial charge in [0, 0.05) is 13.1 Å². The minimum Gasteiger partial charge on any atom is -0.493 e. The SMILES string of the molecule is COc1cc2c(cc1OC)CN(/C(=C/[N+](=O)[O-])SC)CC2. The van der Waals surface area contributed by atoms with Crippen molar-refractivity contribution in [3.8, 4) is 11.5 Å². The number of nitro groups is 1. The molecule has 0 aliphatic carbocycles. The van der Waals surface area contributed by atoms with Gasteiger partial charge < -0.3 is 14.4 Å². The second-order valence-corrected chi connectivity index (χ2v) is 5.43. The molecule has 0 spiro atoms. The Labute approximate surface area is 127 Å². The maximum absolute atomic E-state index is 10.7. The third kappa shape index (κ3) is 3.41. The van der Waals surface area contributed by atoms with Crippen LogP contribution in [0.2, 0.25) is 0 Å². The van der Waals surface area contributed by atoms with E-state index in [0.717, 1.165) is 30.5 Å². The smallest absolute Gasteiger partial charge is 0.264 e. The van der Waals surface area contributed by atoms with E-state index in [-0.39, 0.29) is 0 Å². The van der Waals surface area contributed by atoms with Crippen molar-refractivity contribution in [3.05, 3.63) is 44.6 Å². The summed E-state index contributed by atoms with van der Waals surface area (Å²) in [5, 5.41) is 11.4. The minimum absolute atomic E-state index is 0.407. The Morgan fingerprint density at radius 1 is 1.33 bits per heavy atom. The Kier molecular flexibility index (Phi) is 4.95. The first-order chi connectivity index (χ1) is 10.1. The van der Waals surface area contributed by atoms with Crippen molar-refractivity contribution in [1.82, 2.24) is 4.90 Å². The van der Waals surface area contributed by atoms with Crippen LogP contribution in [0.25, 0.3) is 0 Å². The number of fused-ring (bicyclic) bond motifs is 1. The fourth-order valence-electron chi connectivity index (χ4n) is 2.42. The molecule has 21 heavy (non-hydrogen) atoms. The van der Waals surface area contributed by atoms with Crippen LogP contribution in [0.4, 0.5) is 0 Å². The van der Waals surface area contributed by atoms with E-state index in [9.17, 15) is 10.1 Å². The first-order valence-corrected chi connectivity index (χ1v) is 7.69. The average Bonchev–Trinajstić information content (AvgIpc) is 2.50. The quantitative estimate of drug-likeness (QED) is 0.615. The predicted octanol–water partition coefficient (Wildman–Crippen LogP) is 2.50. The topological polar surface area (TPSA) is 64.8 Å². The molecule has 114 valence electrons. The summed E-state index contributed by atoms with van der Waals surface area (Å²) in [4.78, 5) is 12.3. The highest BCUT2D eigenvalue weighted by atomic mass is 32.2. The Morgan fingerprint density at radius 2 is 1.95 bits per heavy atom. The molecule has 6 nitrogen and oxygen atoms in total. The monoisotopic (exact) mass is 310 g/mol. The van der Waals surface area contributed by atoms with Crippen molar-refractivity contribution in [1.29, 1.82) is 0 Å². The van der Waals surface area contributed by atoms with Crippen LogP contribution in [0.3, 0.4) is 0 Å². The summed E-state index contributed by atoms with van der Waals surface area (Å²) in [5.74, 6) is 1.40. The normalized spacial score (nSPS) is 14.6. The third-order valence-corrected chi connectivity index (χ3v) is 4.24. The highest BCUT2D eigenvalue weighted by Gasteiger charge is 2.22. The summed E-state index contributed by atoms with van der Waals surface area (Å²) in [7, 11) is 3.22. The van der Waals surface area contributed by atoms with Crippen molar-refractivity contribution in [3.63, 3.8) is 0 Å². The number of hydrogen-bond acceptors (Lipinski definition) is 6. The van der Waals surface area contributed by atoms with Crippen LogP contribution in [0.5, 0.6) is 11.5 Å². The van der Waals surface area contributed by atoms with Crippen molar-refractivity contribution >= 4 is 11.8 Å². The Bertz CT molecular complexity index is 574. The summed E-state index contributed by atoms with van der Waals surface area (Å²) in [6.07, 6.45) is 3.74. The number of rotatable bonds is 5. The van der Waals surface area contributed by atoms with Gasteiger partial charge in [-0.05, 0) is 35.9 Å². The number of thioether (sulfide) groups is 1.